The fourth-order valence-corrected chi connectivity index (χ4v) is 4.88. The van der Waals surface area contributed by atoms with E-state index >= 15 is 0 Å². The van der Waals surface area contributed by atoms with Gasteiger partial charge in [0.2, 0.25) is 5.78 Å². The van der Waals surface area contributed by atoms with Gasteiger partial charge >= 0.3 is 0 Å². The lowest BCUT2D eigenvalue weighted by atomic mass is 9.82. The summed E-state index contributed by atoms with van der Waals surface area (Å²) in [5.74, 6) is -0.244. The van der Waals surface area contributed by atoms with Crippen molar-refractivity contribution in [1.82, 2.24) is 0 Å². The molecule has 0 radical (unpaired) electrons. The average Bonchev–Trinajstić information content (AvgIpc) is 2.83. The Hall–Kier alpha value is -2.38. The summed E-state index contributed by atoms with van der Waals surface area (Å²) in [7, 11) is 5.86. The van der Waals surface area contributed by atoms with E-state index in [9.17, 15) is 14.7 Å². The number of likely N-dealkylation sites (N-methyl/N-ethyl adjacent to an activating group) is 1. The molecule has 0 fully saturated rings. The number of hydrogen-bond acceptors (Lipinski definition) is 5. The molecule has 3 rings (SSSR count). The number of quaternary nitrogens is 1. The molecule has 0 saturated heterocycles. The normalized spacial score (nSPS) is 12.6. The molecule has 0 spiro atoms. The van der Waals surface area contributed by atoms with E-state index in [0.29, 0.717) is 23.7 Å². The molecular weight excluding hydrogens is 534 g/mol. The molecule has 2 aromatic rings. The van der Waals surface area contributed by atoms with Gasteiger partial charge in [0.25, 0.3) is 0 Å². The number of unbranched alkanes of at least 4 members (excludes halogenated alkanes) is 7. The molecule has 7 heteroatoms. The SMILES string of the molecule is CCCCCCCCCC[N+](C)(C)CCOc1cc(C)cc2c1C(=O)c1c(O)cc(OC)cc1C2=O.[Br-]. The van der Waals surface area contributed by atoms with Crippen molar-refractivity contribution in [3.05, 3.63) is 52.1 Å². The van der Waals surface area contributed by atoms with Crippen LogP contribution in [0.15, 0.2) is 24.3 Å². The Balaban J connectivity index is 0.00000481. The third-order valence-electron chi connectivity index (χ3n) is 7.09. The molecule has 0 bridgehead atoms. The summed E-state index contributed by atoms with van der Waals surface area (Å²) >= 11 is 0. The number of rotatable bonds is 14. The molecule has 1 aliphatic carbocycles. The predicted molar refractivity (Wildman–Crippen MR) is 143 cm³/mol. The van der Waals surface area contributed by atoms with Gasteiger partial charge in [0.1, 0.15) is 30.4 Å². The van der Waals surface area contributed by atoms with Gasteiger partial charge in [-0.25, -0.2) is 0 Å². The number of halogens is 1. The molecule has 1 aliphatic rings. The van der Waals surface area contributed by atoms with Gasteiger partial charge in [-0.15, -0.1) is 0 Å². The Morgan fingerprint density at radius 2 is 1.43 bits per heavy atom. The fraction of sp³-hybridized carbons (Fsp3) is 0.533. The van der Waals surface area contributed by atoms with Crippen molar-refractivity contribution in [3.63, 3.8) is 0 Å². The van der Waals surface area contributed by atoms with Crippen molar-refractivity contribution in [1.29, 1.82) is 0 Å². The van der Waals surface area contributed by atoms with E-state index in [1.807, 2.05) is 6.92 Å². The van der Waals surface area contributed by atoms with Gasteiger partial charge < -0.3 is 36.0 Å². The van der Waals surface area contributed by atoms with Crippen LogP contribution >= 0.6 is 0 Å². The zero-order valence-electron chi connectivity index (χ0n) is 23.0. The highest BCUT2D eigenvalue weighted by Gasteiger charge is 2.35. The lowest BCUT2D eigenvalue weighted by molar-refractivity contribution is -0.890. The number of carbonyl (C=O) groups is 2. The van der Waals surface area contributed by atoms with Crippen molar-refractivity contribution in [2.24, 2.45) is 0 Å². The van der Waals surface area contributed by atoms with E-state index in [4.69, 9.17) is 9.47 Å². The average molecular weight is 577 g/mol. The number of nitrogens with zero attached hydrogens (tertiary/aromatic N) is 1. The van der Waals surface area contributed by atoms with Crippen LogP contribution in [-0.2, 0) is 0 Å². The number of fused-ring (bicyclic) bond motifs is 2. The van der Waals surface area contributed by atoms with E-state index in [-0.39, 0.29) is 45.2 Å². The second kappa shape index (κ2) is 14.0. The highest BCUT2D eigenvalue weighted by atomic mass is 79.9. The second-order valence-electron chi connectivity index (χ2n) is 10.6. The summed E-state index contributed by atoms with van der Waals surface area (Å²) in [6.45, 7) is 6.43. The largest absolute Gasteiger partial charge is 1.00 e. The number of aryl methyl sites for hydroxylation is 1. The Bertz CT molecular complexity index is 1100. The predicted octanol–water partition coefficient (Wildman–Crippen LogP) is 3.08. The first kappa shape index (κ1) is 30.8. The van der Waals surface area contributed by atoms with Crippen molar-refractivity contribution in [3.8, 4) is 17.2 Å². The summed E-state index contributed by atoms with van der Waals surface area (Å²) in [5.41, 5.74) is 1.54. The standard InChI is InChI=1S/C30H41NO5.BrH/c1-6-7-8-9-10-11-12-13-14-31(3,4)15-16-36-26-18-21(2)17-23-28(26)30(34)27-24(29(23)33)19-22(35-5)20-25(27)32;/h17-20H,6-16H2,1-5H3;1H. The second-order valence-corrected chi connectivity index (χ2v) is 10.6. The van der Waals surface area contributed by atoms with Crippen LogP contribution in [0.1, 0.15) is 95.7 Å². The van der Waals surface area contributed by atoms with Crippen molar-refractivity contribution < 1.29 is 45.6 Å². The maximum absolute atomic E-state index is 13.4. The number of phenols is 1. The van der Waals surface area contributed by atoms with Crippen LogP contribution in [0.4, 0.5) is 0 Å². The maximum Gasteiger partial charge on any atom is 0.201 e. The Labute approximate surface area is 232 Å². The smallest absolute Gasteiger partial charge is 0.201 e. The van der Waals surface area contributed by atoms with Crippen LogP contribution in [0.25, 0.3) is 0 Å². The number of phenolic OH excluding ortho intramolecular Hbond substituents is 1. The van der Waals surface area contributed by atoms with Crippen LogP contribution in [0, 0.1) is 6.92 Å². The Morgan fingerprint density at radius 1 is 0.811 bits per heavy atom. The number of ketones is 2. The zero-order valence-corrected chi connectivity index (χ0v) is 24.6. The highest BCUT2D eigenvalue weighted by Crippen LogP contribution is 2.39. The van der Waals surface area contributed by atoms with Gasteiger partial charge in [-0.2, -0.15) is 0 Å². The summed E-state index contributed by atoms with van der Waals surface area (Å²) in [5, 5.41) is 10.5. The first-order valence-electron chi connectivity index (χ1n) is 13.3. The van der Waals surface area contributed by atoms with Gasteiger partial charge in [0.05, 0.1) is 38.9 Å². The monoisotopic (exact) mass is 575 g/mol. The van der Waals surface area contributed by atoms with Crippen LogP contribution < -0.4 is 26.5 Å². The van der Waals surface area contributed by atoms with E-state index in [1.54, 1.807) is 12.1 Å². The summed E-state index contributed by atoms with van der Waals surface area (Å²) in [6, 6.07) is 6.37. The minimum Gasteiger partial charge on any atom is -1.00 e. The molecule has 37 heavy (non-hydrogen) atoms. The highest BCUT2D eigenvalue weighted by molar-refractivity contribution is 6.30. The molecule has 0 aromatic heterocycles. The molecule has 6 nitrogen and oxygen atoms in total. The molecule has 0 aliphatic heterocycles. The molecule has 0 heterocycles. The topological polar surface area (TPSA) is 72.8 Å². The van der Waals surface area contributed by atoms with E-state index in [1.165, 1.54) is 70.6 Å². The minimum absolute atomic E-state index is 0. The third-order valence-corrected chi connectivity index (χ3v) is 7.09. The minimum atomic E-state index is -0.401. The molecule has 204 valence electrons. The number of ether oxygens (including phenoxy) is 2. The first-order valence-corrected chi connectivity index (χ1v) is 13.3. The molecule has 0 atom stereocenters. The molecular formula is C30H42BrNO5. The van der Waals surface area contributed by atoms with E-state index in [0.717, 1.165) is 23.1 Å². The van der Waals surface area contributed by atoms with Crippen molar-refractivity contribution in [2.75, 3.05) is 40.9 Å². The van der Waals surface area contributed by atoms with Gasteiger partial charge in [0, 0.05) is 17.2 Å². The van der Waals surface area contributed by atoms with Crippen LogP contribution in [0.3, 0.4) is 0 Å². The Kier molecular flexibility index (Phi) is 11.6. The summed E-state index contributed by atoms with van der Waals surface area (Å²) in [4.78, 5) is 26.7. The number of carbonyl (C=O) groups excluding carboxylic acids is 2. The van der Waals surface area contributed by atoms with Gasteiger partial charge in [-0.05, 0) is 43.5 Å². The van der Waals surface area contributed by atoms with E-state index < -0.39 is 5.78 Å². The lowest BCUT2D eigenvalue weighted by Gasteiger charge is -2.30. The first-order chi connectivity index (χ1) is 17.2. The molecule has 0 amide bonds. The summed E-state index contributed by atoms with van der Waals surface area (Å²) < 4.78 is 12.1. The van der Waals surface area contributed by atoms with Crippen LogP contribution in [0.2, 0.25) is 0 Å². The lowest BCUT2D eigenvalue weighted by Crippen LogP contribution is -3.00. The van der Waals surface area contributed by atoms with Gasteiger partial charge in [-0.3, -0.25) is 9.59 Å². The van der Waals surface area contributed by atoms with Gasteiger partial charge in [0.15, 0.2) is 5.78 Å². The van der Waals surface area contributed by atoms with Crippen molar-refractivity contribution in [2.45, 2.75) is 65.2 Å². The number of benzene rings is 2. The molecule has 2 aromatic carbocycles. The summed E-state index contributed by atoms with van der Waals surface area (Å²) in [6.07, 6.45) is 10.4. The van der Waals surface area contributed by atoms with Crippen molar-refractivity contribution >= 4 is 11.6 Å². The number of methoxy groups -OCH3 is 1. The van der Waals surface area contributed by atoms with E-state index in [2.05, 4.69) is 21.0 Å². The number of hydrogen-bond donors (Lipinski definition) is 1. The Morgan fingerprint density at radius 3 is 2.08 bits per heavy atom. The van der Waals surface area contributed by atoms with Crippen LogP contribution in [0.5, 0.6) is 17.2 Å². The quantitative estimate of drug-likeness (QED) is 0.236. The van der Waals surface area contributed by atoms with Gasteiger partial charge in [-0.1, -0.05) is 45.4 Å². The van der Waals surface area contributed by atoms with Crippen LogP contribution in [-0.4, -0.2) is 62.1 Å². The molecule has 0 saturated carbocycles. The number of aromatic hydroxyl groups is 1. The molecule has 0 unspecified atom stereocenters. The maximum atomic E-state index is 13.4. The zero-order chi connectivity index (χ0) is 26.3. The third kappa shape index (κ3) is 7.81. The fourth-order valence-electron chi connectivity index (χ4n) is 4.88. The molecule has 1 N–H and O–H groups in total.